The summed E-state index contributed by atoms with van der Waals surface area (Å²) in [6.45, 7) is 4.39. The quantitative estimate of drug-likeness (QED) is 0.321. The second kappa shape index (κ2) is 9.40. The van der Waals surface area contributed by atoms with E-state index in [0.29, 0.717) is 17.5 Å². The molecule has 0 fully saturated rings. The molecule has 8 heteroatoms. The highest BCUT2D eigenvalue weighted by Gasteiger charge is 2.16. The van der Waals surface area contributed by atoms with Gasteiger partial charge in [0, 0.05) is 22.7 Å². The highest BCUT2D eigenvalue weighted by molar-refractivity contribution is 7.98. The first-order valence-electron chi connectivity index (χ1n) is 9.56. The standard InChI is InChI=1S/C22H21FN4OS2/c1-15(2)21-24-16(13-29-21)14-30-22-26-25-20(27(22)17-8-4-3-5-9-17)12-28-19-11-7-6-10-18(19)23/h3-11,13,15H,12,14H2,1-2H3. The monoisotopic (exact) mass is 440 g/mol. The van der Waals surface area contributed by atoms with Gasteiger partial charge in [-0.15, -0.1) is 21.5 Å². The molecule has 0 spiro atoms. The van der Waals surface area contributed by atoms with Crippen LogP contribution in [0.15, 0.2) is 65.1 Å². The molecule has 0 unspecified atom stereocenters. The fraction of sp³-hybridized carbons (Fsp3) is 0.227. The topological polar surface area (TPSA) is 52.8 Å². The summed E-state index contributed by atoms with van der Waals surface area (Å²) >= 11 is 3.25. The largest absolute Gasteiger partial charge is 0.483 e. The maximum absolute atomic E-state index is 13.9. The van der Waals surface area contributed by atoms with Gasteiger partial charge < -0.3 is 4.74 Å². The molecule has 0 aliphatic carbocycles. The zero-order valence-corrected chi connectivity index (χ0v) is 18.3. The fourth-order valence-electron chi connectivity index (χ4n) is 2.82. The number of para-hydroxylation sites is 2. The third kappa shape index (κ3) is 4.71. The molecule has 2 heterocycles. The van der Waals surface area contributed by atoms with Crippen LogP contribution in [0, 0.1) is 5.82 Å². The van der Waals surface area contributed by atoms with Crippen molar-refractivity contribution in [3.63, 3.8) is 0 Å². The zero-order chi connectivity index (χ0) is 20.9. The SMILES string of the molecule is CC(C)c1nc(CSc2nnc(COc3ccccc3F)n2-c2ccccc2)cs1. The third-order valence-electron chi connectivity index (χ3n) is 4.32. The van der Waals surface area contributed by atoms with Crippen molar-refractivity contribution in [2.75, 3.05) is 0 Å². The normalized spacial score (nSPS) is 11.2. The Kier molecular flexibility index (Phi) is 6.44. The number of hydrogen-bond acceptors (Lipinski definition) is 6. The van der Waals surface area contributed by atoms with E-state index < -0.39 is 5.82 Å². The van der Waals surface area contributed by atoms with Crippen LogP contribution < -0.4 is 4.74 Å². The summed E-state index contributed by atoms with van der Waals surface area (Å²) in [7, 11) is 0. The number of thioether (sulfide) groups is 1. The van der Waals surface area contributed by atoms with Crippen molar-refractivity contribution >= 4 is 23.1 Å². The van der Waals surface area contributed by atoms with Gasteiger partial charge in [-0.25, -0.2) is 9.37 Å². The molecule has 5 nitrogen and oxygen atoms in total. The van der Waals surface area contributed by atoms with Crippen molar-refractivity contribution < 1.29 is 9.13 Å². The van der Waals surface area contributed by atoms with E-state index in [9.17, 15) is 4.39 Å². The van der Waals surface area contributed by atoms with Gasteiger partial charge in [-0.1, -0.05) is 55.9 Å². The number of aromatic nitrogens is 4. The Morgan fingerprint density at radius 3 is 2.57 bits per heavy atom. The smallest absolute Gasteiger partial charge is 0.196 e. The number of rotatable bonds is 8. The second-order valence-corrected chi connectivity index (χ2v) is 8.74. The Morgan fingerprint density at radius 1 is 1.07 bits per heavy atom. The van der Waals surface area contributed by atoms with E-state index in [-0.39, 0.29) is 12.4 Å². The van der Waals surface area contributed by atoms with Gasteiger partial charge in [0.1, 0.15) is 6.61 Å². The Labute approximate surface area is 183 Å². The molecule has 2 aromatic carbocycles. The van der Waals surface area contributed by atoms with E-state index in [1.807, 2.05) is 34.9 Å². The molecule has 0 aliphatic rings. The van der Waals surface area contributed by atoms with Crippen LogP contribution in [-0.4, -0.2) is 19.7 Å². The van der Waals surface area contributed by atoms with Gasteiger partial charge in [0.15, 0.2) is 22.5 Å². The second-order valence-electron chi connectivity index (χ2n) is 6.91. The summed E-state index contributed by atoms with van der Waals surface area (Å²) in [6, 6.07) is 16.2. The maximum atomic E-state index is 13.9. The Bertz CT molecular complexity index is 1110. The number of benzene rings is 2. The average Bonchev–Trinajstić information content (AvgIpc) is 3.39. The molecule has 30 heavy (non-hydrogen) atoms. The van der Waals surface area contributed by atoms with Crippen molar-refractivity contribution in [3.8, 4) is 11.4 Å². The number of halogens is 1. The first-order chi connectivity index (χ1) is 14.6. The van der Waals surface area contributed by atoms with Crippen LogP contribution in [0.4, 0.5) is 4.39 Å². The number of hydrogen-bond donors (Lipinski definition) is 0. The Morgan fingerprint density at radius 2 is 1.83 bits per heavy atom. The minimum absolute atomic E-state index is 0.109. The van der Waals surface area contributed by atoms with Gasteiger partial charge in [0.05, 0.1) is 10.7 Å². The molecular weight excluding hydrogens is 419 g/mol. The lowest BCUT2D eigenvalue weighted by Gasteiger charge is -2.11. The molecule has 0 aliphatic heterocycles. The van der Waals surface area contributed by atoms with Crippen LogP contribution in [0.2, 0.25) is 0 Å². The fourth-order valence-corrected chi connectivity index (χ4v) is 4.62. The summed E-state index contributed by atoms with van der Waals surface area (Å²) < 4.78 is 21.5. The Hall–Kier alpha value is -2.71. The van der Waals surface area contributed by atoms with E-state index >= 15 is 0 Å². The lowest BCUT2D eigenvalue weighted by atomic mass is 10.2. The highest BCUT2D eigenvalue weighted by Crippen LogP contribution is 2.28. The predicted octanol–water partition coefficient (Wildman–Crippen LogP) is 5.86. The van der Waals surface area contributed by atoms with Crippen molar-refractivity contribution in [2.24, 2.45) is 0 Å². The highest BCUT2D eigenvalue weighted by atomic mass is 32.2. The van der Waals surface area contributed by atoms with Crippen molar-refractivity contribution in [2.45, 2.75) is 37.3 Å². The molecule has 0 bridgehead atoms. The summed E-state index contributed by atoms with van der Waals surface area (Å²) in [5.74, 6) is 1.51. The average molecular weight is 441 g/mol. The van der Waals surface area contributed by atoms with Crippen molar-refractivity contribution in [1.29, 1.82) is 0 Å². The molecule has 2 aromatic heterocycles. The predicted molar refractivity (Wildman–Crippen MR) is 118 cm³/mol. The molecule has 0 saturated carbocycles. The molecule has 4 aromatic rings. The van der Waals surface area contributed by atoms with E-state index in [0.717, 1.165) is 21.5 Å². The van der Waals surface area contributed by atoms with Crippen LogP contribution >= 0.6 is 23.1 Å². The van der Waals surface area contributed by atoms with Crippen LogP contribution in [0.5, 0.6) is 5.75 Å². The van der Waals surface area contributed by atoms with E-state index in [1.165, 1.54) is 6.07 Å². The van der Waals surface area contributed by atoms with Gasteiger partial charge in [-0.05, 0) is 24.3 Å². The summed E-state index contributed by atoms with van der Waals surface area (Å²) in [4.78, 5) is 4.69. The number of ether oxygens (including phenoxy) is 1. The Balaban J connectivity index is 1.56. The minimum atomic E-state index is -0.401. The van der Waals surface area contributed by atoms with E-state index in [2.05, 4.69) is 29.4 Å². The van der Waals surface area contributed by atoms with E-state index in [1.54, 1.807) is 41.3 Å². The van der Waals surface area contributed by atoms with Crippen molar-refractivity contribution in [3.05, 3.63) is 82.3 Å². The van der Waals surface area contributed by atoms with Gasteiger partial charge >= 0.3 is 0 Å². The molecule has 0 atom stereocenters. The molecule has 154 valence electrons. The zero-order valence-electron chi connectivity index (χ0n) is 16.7. The first-order valence-corrected chi connectivity index (χ1v) is 11.4. The minimum Gasteiger partial charge on any atom is -0.483 e. The third-order valence-corrected chi connectivity index (χ3v) is 6.48. The van der Waals surface area contributed by atoms with Crippen LogP contribution in [0.25, 0.3) is 5.69 Å². The van der Waals surface area contributed by atoms with Crippen LogP contribution in [-0.2, 0) is 12.4 Å². The summed E-state index contributed by atoms with van der Waals surface area (Å²) in [5.41, 5.74) is 1.96. The maximum Gasteiger partial charge on any atom is 0.196 e. The van der Waals surface area contributed by atoms with E-state index in [4.69, 9.17) is 9.72 Å². The molecule has 0 N–H and O–H groups in total. The molecular formula is C22H21FN4OS2. The van der Waals surface area contributed by atoms with Gasteiger partial charge in [-0.3, -0.25) is 4.57 Å². The number of nitrogens with zero attached hydrogens (tertiary/aromatic N) is 4. The van der Waals surface area contributed by atoms with Crippen LogP contribution in [0.3, 0.4) is 0 Å². The van der Waals surface area contributed by atoms with Crippen LogP contribution in [0.1, 0.15) is 36.3 Å². The first kappa shape index (κ1) is 20.6. The van der Waals surface area contributed by atoms with Gasteiger partial charge in [0.2, 0.25) is 0 Å². The molecule has 4 rings (SSSR count). The van der Waals surface area contributed by atoms with Gasteiger partial charge in [0.25, 0.3) is 0 Å². The van der Waals surface area contributed by atoms with Gasteiger partial charge in [-0.2, -0.15) is 0 Å². The lowest BCUT2D eigenvalue weighted by Crippen LogP contribution is -2.07. The van der Waals surface area contributed by atoms with Crippen molar-refractivity contribution in [1.82, 2.24) is 19.7 Å². The number of thiazole rings is 1. The summed E-state index contributed by atoms with van der Waals surface area (Å²) in [6.07, 6.45) is 0. The summed E-state index contributed by atoms with van der Waals surface area (Å²) in [5, 5.41) is 12.6. The molecule has 0 saturated heterocycles. The lowest BCUT2D eigenvalue weighted by molar-refractivity contribution is 0.278. The molecule has 0 radical (unpaired) electrons. The molecule has 0 amide bonds.